The van der Waals surface area contributed by atoms with Crippen LogP contribution in [0.4, 0.5) is 5.69 Å². The normalized spacial score (nSPS) is 17.9. The Bertz CT molecular complexity index is 1330. The molecule has 1 aliphatic rings. The lowest BCUT2D eigenvalue weighted by Gasteiger charge is -2.28. The van der Waals surface area contributed by atoms with Crippen LogP contribution >= 0.6 is 23.8 Å². The SMILES string of the molecule is Cc1cc([C@H]2[C@H](c3ccccn3)NC(=S)N2c2cc(Cl)ccc2O)c(C)n1-c1cccnc1. The summed E-state index contributed by atoms with van der Waals surface area (Å²) < 4.78 is 2.18. The molecule has 166 valence electrons. The Morgan fingerprint density at radius 2 is 1.91 bits per heavy atom. The topological polar surface area (TPSA) is 66.2 Å². The third kappa shape index (κ3) is 3.73. The summed E-state index contributed by atoms with van der Waals surface area (Å²) in [7, 11) is 0. The quantitative estimate of drug-likeness (QED) is 0.384. The Morgan fingerprint density at radius 1 is 1.06 bits per heavy atom. The molecule has 1 aliphatic heterocycles. The second-order valence-corrected chi connectivity index (χ2v) is 8.83. The van der Waals surface area contributed by atoms with Crippen LogP contribution in [0.1, 0.15) is 34.7 Å². The molecule has 1 saturated heterocycles. The van der Waals surface area contributed by atoms with Gasteiger partial charge in [0.1, 0.15) is 5.75 Å². The number of nitrogens with one attached hydrogen (secondary N) is 1. The first-order valence-corrected chi connectivity index (χ1v) is 11.3. The van der Waals surface area contributed by atoms with Crippen LogP contribution in [0.2, 0.25) is 5.02 Å². The van der Waals surface area contributed by atoms with E-state index in [1.807, 2.05) is 41.4 Å². The van der Waals surface area contributed by atoms with Crippen molar-refractivity contribution in [3.63, 3.8) is 0 Å². The Balaban J connectivity index is 1.71. The smallest absolute Gasteiger partial charge is 0.174 e. The van der Waals surface area contributed by atoms with E-state index in [2.05, 4.69) is 39.8 Å². The van der Waals surface area contributed by atoms with E-state index in [1.54, 1.807) is 30.6 Å². The minimum atomic E-state index is -0.256. The fourth-order valence-electron chi connectivity index (χ4n) is 4.59. The molecule has 0 radical (unpaired) electrons. The van der Waals surface area contributed by atoms with E-state index >= 15 is 0 Å². The average Bonchev–Trinajstić information content (AvgIpc) is 3.31. The van der Waals surface area contributed by atoms with Crippen LogP contribution in [0.25, 0.3) is 5.69 Å². The minimum Gasteiger partial charge on any atom is -0.506 e. The summed E-state index contributed by atoms with van der Waals surface area (Å²) in [6, 6.07) is 16.5. The van der Waals surface area contributed by atoms with Crippen LogP contribution in [-0.4, -0.2) is 24.8 Å². The van der Waals surface area contributed by atoms with Crippen LogP contribution in [0.15, 0.2) is 73.2 Å². The number of aromatic hydroxyl groups is 1. The highest BCUT2D eigenvalue weighted by molar-refractivity contribution is 7.80. The van der Waals surface area contributed by atoms with Crippen LogP contribution in [0.3, 0.4) is 0 Å². The molecule has 0 amide bonds. The second-order valence-electron chi connectivity index (χ2n) is 8.00. The predicted octanol–water partition coefficient (Wildman–Crippen LogP) is 5.42. The van der Waals surface area contributed by atoms with Crippen LogP contribution in [0, 0.1) is 13.8 Å². The third-order valence-electron chi connectivity index (χ3n) is 5.99. The molecular formula is C25H22ClN5OS. The molecule has 1 fully saturated rings. The van der Waals surface area contributed by atoms with E-state index in [9.17, 15) is 5.11 Å². The Morgan fingerprint density at radius 3 is 2.64 bits per heavy atom. The van der Waals surface area contributed by atoms with E-state index in [-0.39, 0.29) is 17.8 Å². The van der Waals surface area contributed by atoms with Crippen molar-refractivity contribution in [1.29, 1.82) is 0 Å². The number of pyridine rings is 2. The molecule has 6 nitrogen and oxygen atoms in total. The molecular weight excluding hydrogens is 454 g/mol. The van der Waals surface area contributed by atoms with Crippen molar-refractivity contribution in [3.05, 3.63) is 101 Å². The molecule has 2 atom stereocenters. The first-order valence-electron chi connectivity index (χ1n) is 10.5. The fourth-order valence-corrected chi connectivity index (χ4v) is 5.10. The molecule has 5 rings (SSSR count). The van der Waals surface area contributed by atoms with E-state index in [1.165, 1.54) is 0 Å². The number of phenols is 1. The maximum Gasteiger partial charge on any atom is 0.174 e. The molecule has 1 aromatic carbocycles. The van der Waals surface area contributed by atoms with Crippen LogP contribution < -0.4 is 10.2 Å². The van der Waals surface area contributed by atoms with Crippen molar-refractivity contribution in [3.8, 4) is 11.4 Å². The fraction of sp³-hybridized carbons (Fsp3) is 0.160. The molecule has 4 heterocycles. The van der Waals surface area contributed by atoms with Gasteiger partial charge in [-0.2, -0.15) is 0 Å². The van der Waals surface area contributed by atoms with E-state index in [0.29, 0.717) is 15.8 Å². The number of nitrogens with zero attached hydrogens (tertiary/aromatic N) is 4. The van der Waals surface area contributed by atoms with Gasteiger partial charge in [-0.25, -0.2) is 0 Å². The van der Waals surface area contributed by atoms with Gasteiger partial charge in [0.2, 0.25) is 0 Å². The molecule has 33 heavy (non-hydrogen) atoms. The zero-order valence-corrected chi connectivity index (χ0v) is 19.7. The molecule has 0 saturated carbocycles. The summed E-state index contributed by atoms with van der Waals surface area (Å²) in [5, 5.41) is 15.2. The number of aromatic nitrogens is 3. The van der Waals surface area contributed by atoms with Gasteiger partial charge in [0.25, 0.3) is 0 Å². The van der Waals surface area contributed by atoms with Crippen LogP contribution in [-0.2, 0) is 0 Å². The molecule has 8 heteroatoms. The van der Waals surface area contributed by atoms with Gasteiger partial charge in [-0.15, -0.1) is 0 Å². The summed E-state index contributed by atoms with van der Waals surface area (Å²) >= 11 is 12.1. The molecule has 0 bridgehead atoms. The number of hydrogen-bond donors (Lipinski definition) is 2. The highest BCUT2D eigenvalue weighted by atomic mass is 35.5. The first-order chi connectivity index (χ1) is 16.0. The third-order valence-corrected chi connectivity index (χ3v) is 6.54. The molecule has 0 spiro atoms. The van der Waals surface area contributed by atoms with Gasteiger partial charge in [-0.3, -0.25) is 9.97 Å². The number of benzene rings is 1. The highest BCUT2D eigenvalue weighted by Gasteiger charge is 2.43. The van der Waals surface area contributed by atoms with Gasteiger partial charge in [0.15, 0.2) is 5.11 Å². The van der Waals surface area contributed by atoms with Crippen molar-refractivity contribution >= 4 is 34.6 Å². The first kappa shape index (κ1) is 21.4. The summed E-state index contributed by atoms with van der Waals surface area (Å²) in [4.78, 5) is 10.8. The lowest BCUT2D eigenvalue weighted by Crippen LogP contribution is -2.29. The monoisotopic (exact) mass is 475 g/mol. The van der Waals surface area contributed by atoms with Gasteiger partial charge in [-0.05, 0) is 80.2 Å². The van der Waals surface area contributed by atoms with Crippen molar-refractivity contribution in [2.75, 3.05) is 4.90 Å². The second kappa shape index (κ2) is 8.50. The Hall–Kier alpha value is -3.42. The summed E-state index contributed by atoms with van der Waals surface area (Å²) in [6.45, 7) is 4.16. The summed E-state index contributed by atoms with van der Waals surface area (Å²) in [5.74, 6) is 0.108. The number of aryl methyl sites for hydroxylation is 1. The maximum atomic E-state index is 10.7. The minimum absolute atomic E-state index is 0.108. The van der Waals surface area contributed by atoms with E-state index < -0.39 is 0 Å². The predicted molar refractivity (Wildman–Crippen MR) is 134 cm³/mol. The standard InChI is InChI=1S/C25H22ClN5OS/c1-15-12-19(16(2)30(15)18-6-5-10-27-14-18)24-23(20-7-3-4-11-28-20)29-25(33)31(24)21-13-17(26)8-9-22(21)32/h3-14,23-24,32H,1-2H3,(H,29,33)/t23-,24-/m0/s1. The van der Waals surface area contributed by atoms with Crippen LogP contribution in [0.5, 0.6) is 5.75 Å². The van der Waals surface area contributed by atoms with E-state index in [0.717, 1.165) is 28.3 Å². The van der Waals surface area contributed by atoms with E-state index in [4.69, 9.17) is 23.8 Å². The largest absolute Gasteiger partial charge is 0.506 e. The van der Waals surface area contributed by atoms with Gasteiger partial charge in [0, 0.05) is 28.8 Å². The number of halogens is 1. The number of hydrogen-bond acceptors (Lipinski definition) is 4. The van der Waals surface area contributed by atoms with Crippen molar-refractivity contribution in [2.45, 2.75) is 25.9 Å². The lowest BCUT2D eigenvalue weighted by molar-refractivity contribution is 0.472. The average molecular weight is 476 g/mol. The molecule has 2 N–H and O–H groups in total. The maximum absolute atomic E-state index is 10.7. The molecule has 0 aliphatic carbocycles. The zero-order chi connectivity index (χ0) is 23.1. The zero-order valence-electron chi connectivity index (χ0n) is 18.1. The number of thiocarbonyl (C=S) groups is 1. The molecule has 3 aromatic heterocycles. The summed E-state index contributed by atoms with van der Waals surface area (Å²) in [5.41, 5.74) is 5.60. The van der Waals surface area contributed by atoms with Gasteiger partial charge >= 0.3 is 0 Å². The van der Waals surface area contributed by atoms with Crippen molar-refractivity contribution in [2.24, 2.45) is 0 Å². The Labute approximate surface area is 202 Å². The lowest BCUT2D eigenvalue weighted by atomic mass is 9.96. The highest BCUT2D eigenvalue weighted by Crippen LogP contribution is 2.46. The van der Waals surface area contributed by atoms with Crippen molar-refractivity contribution in [1.82, 2.24) is 19.9 Å². The van der Waals surface area contributed by atoms with Crippen molar-refractivity contribution < 1.29 is 5.11 Å². The van der Waals surface area contributed by atoms with Gasteiger partial charge in [-0.1, -0.05) is 17.7 Å². The van der Waals surface area contributed by atoms with Gasteiger partial charge < -0.3 is 19.9 Å². The number of rotatable bonds is 4. The summed E-state index contributed by atoms with van der Waals surface area (Å²) in [6.07, 6.45) is 5.38. The molecule has 4 aromatic rings. The Kier molecular flexibility index (Phi) is 5.52. The number of phenolic OH excluding ortho intramolecular Hbond substituents is 1. The number of anilines is 1. The molecule has 0 unspecified atom stereocenters. The van der Waals surface area contributed by atoms with Gasteiger partial charge in [0.05, 0.1) is 35.3 Å².